The minimum absolute atomic E-state index is 0.177. The van der Waals surface area contributed by atoms with Gasteiger partial charge in [0.25, 0.3) is 0 Å². The zero-order valence-corrected chi connectivity index (χ0v) is 9.78. The predicted molar refractivity (Wildman–Crippen MR) is 61.9 cm³/mol. The SMILES string of the molecule is Cn1nccc1CCC(=O)CC1(N)CCC1. The van der Waals surface area contributed by atoms with Crippen LogP contribution in [0.4, 0.5) is 0 Å². The van der Waals surface area contributed by atoms with Gasteiger partial charge in [0.2, 0.25) is 0 Å². The maximum absolute atomic E-state index is 11.7. The molecule has 1 aromatic heterocycles. The number of carbonyl (C=O) groups excluding carboxylic acids is 1. The van der Waals surface area contributed by atoms with E-state index >= 15 is 0 Å². The van der Waals surface area contributed by atoms with Crippen molar-refractivity contribution in [1.82, 2.24) is 9.78 Å². The van der Waals surface area contributed by atoms with Crippen LogP contribution in [0.25, 0.3) is 0 Å². The highest BCUT2D eigenvalue weighted by Crippen LogP contribution is 2.32. The topological polar surface area (TPSA) is 60.9 Å². The van der Waals surface area contributed by atoms with Gasteiger partial charge in [-0.25, -0.2) is 0 Å². The van der Waals surface area contributed by atoms with Crippen LogP contribution < -0.4 is 5.73 Å². The average Bonchev–Trinajstić information content (AvgIpc) is 2.59. The van der Waals surface area contributed by atoms with E-state index in [0.29, 0.717) is 12.8 Å². The van der Waals surface area contributed by atoms with Gasteiger partial charge in [-0.15, -0.1) is 0 Å². The van der Waals surface area contributed by atoms with Crippen molar-refractivity contribution in [2.45, 2.75) is 44.1 Å². The predicted octanol–water partition coefficient (Wildman–Crippen LogP) is 1.19. The number of ketones is 1. The lowest BCUT2D eigenvalue weighted by molar-refractivity contribution is -0.120. The Labute approximate surface area is 95.8 Å². The van der Waals surface area contributed by atoms with E-state index in [1.165, 1.54) is 6.42 Å². The molecular formula is C12H19N3O. The Kier molecular flexibility index (Phi) is 3.10. The van der Waals surface area contributed by atoms with Crippen molar-refractivity contribution in [2.24, 2.45) is 12.8 Å². The Hall–Kier alpha value is -1.16. The van der Waals surface area contributed by atoms with Gasteiger partial charge in [-0.05, 0) is 31.7 Å². The number of hydrogen-bond acceptors (Lipinski definition) is 3. The van der Waals surface area contributed by atoms with E-state index < -0.39 is 0 Å². The Morgan fingerprint density at radius 1 is 1.62 bits per heavy atom. The van der Waals surface area contributed by atoms with Crippen molar-refractivity contribution in [2.75, 3.05) is 0 Å². The lowest BCUT2D eigenvalue weighted by Crippen LogP contribution is -2.48. The molecule has 0 radical (unpaired) electrons. The molecule has 1 fully saturated rings. The number of aryl methyl sites for hydroxylation is 2. The zero-order valence-electron chi connectivity index (χ0n) is 9.78. The molecule has 1 aromatic rings. The van der Waals surface area contributed by atoms with Gasteiger partial charge >= 0.3 is 0 Å². The Morgan fingerprint density at radius 2 is 2.38 bits per heavy atom. The maximum Gasteiger partial charge on any atom is 0.135 e. The average molecular weight is 221 g/mol. The van der Waals surface area contributed by atoms with Crippen LogP contribution in [0, 0.1) is 0 Å². The summed E-state index contributed by atoms with van der Waals surface area (Å²) in [5, 5.41) is 4.08. The monoisotopic (exact) mass is 221 g/mol. The molecule has 1 saturated carbocycles. The Balaban J connectivity index is 1.78. The van der Waals surface area contributed by atoms with Gasteiger partial charge in [-0.2, -0.15) is 5.10 Å². The lowest BCUT2D eigenvalue weighted by atomic mass is 9.74. The highest BCUT2D eigenvalue weighted by atomic mass is 16.1. The number of nitrogens with two attached hydrogens (primary N) is 1. The summed E-state index contributed by atoms with van der Waals surface area (Å²) in [5.41, 5.74) is 6.97. The normalized spacial score (nSPS) is 18.1. The Morgan fingerprint density at radius 3 is 2.88 bits per heavy atom. The number of Topliss-reactive ketones (excluding diaryl/α,β-unsaturated/α-hetero) is 1. The molecule has 4 nitrogen and oxygen atoms in total. The number of carbonyl (C=O) groups is 1. The third-order valence-corrected chi connectivity index (χ3v) is 3.48. The quantitative estimate of drug-likeness (QED) is 0.812. The van der Waals surface area contributed by atoms with Crippen molar-refractivity contribution in [3.63, 3.8) is 0 Å². The van der Waals surface area contributed by atoms with Crippen LogP contribution in [0.5, 0.6) is 0 Å². The second-order valence-corrected chi connectivity index (χ2v) is 4.88. The summed E-state index contributed by atoms with van der Waals surface area (Å²) in [4.78, 5) is 11.7. The van der Waals surface area contributed by atoms with E-state index in [0.717, 1.165) is 25.0 Å². The van der Waals surface area contributed by atoms with Gasteiger partial charge in [0.05, 0.1) is 0 Å². The summed E-state index contributed by atoms with van der Waals surface area (Å²) in [5.74, 6) is 0.281. The van der Waals surface area contributed by atoms with Crippen LogP contribution in [-0.4, -0.2) is 21.1 Å². The first-order valence-electron chi connectivity index (χ1n) is 5.87. The van der Waals surface area contributed by atoms with Gasteiger partial charge in [-0.1, -0.05) is 0 Å². The number of nitrogens with zero attached hydrogens (tertiary/aromatic N) is 2. The molecule has 1 aliphatic carbocycles. The van der Waals surface area contributed by atoms with Crippen molar-refractivity contribution in [3.05, 3.63) is 18.0 Å². The lowest BCUT2D eigenvalue weighted by Gasteiger charge is -2.37. The molecule has 0 unspecified atom stereocenters. The molecule has 0 aromatic carbocycles. The number of rotatable bonds is 5. The number of aromatic nitrogens is 2. The van der Waals surface area contributed by atoms with E-state index in [-0.39, 0.29) is 11.3 Å². The summed E-state index contributed by atoms with van der Waals surface area (Å²) < 4.78 is 1.81. The molecule has 16 heavy (non-hydrogen) atoms. The second-order valence-electron chi connectivity index (χ2n) is 4.88. The van der Waals surface area contributed by atoms with E-state index in [4.69, 9.17) is 5.73 Å². The van der Waals surface area contributed by atoms with Crippen molar-refractivity contribution in [3.8, 4) is 0 Å². The smallest absolute Gasteiger partial charge is 0.135 e. The molecule has 0 bridgehead atoms. The molecule has 0 atom stereocenters. The van der Waals surface area contributed by atoms with Crippen LogP contribution in [0.15, 0.2) is 12.3 Å². The summed E-state index contributed by atoms with van der Waals surface area (Å²) >= 11 is 0. The molecule has 88 valence electrons. The first kappa shape index (κ1) is 11.3. The van der Waals surface area contributed by atoms with Crippen LogP contribution in [-0.2, 0) is 18.3 Å². The summed E-state index contributed by atoms with van der Waals surface area (Å²) in [6, 6.07) is 1.95. The summed E-state index contributed by atoms with van der Waals surface area (Å²) in [6.07, 6.45) is 6.84. The van der Waals surface area contributed by atoms with Crippen molar-refractivity contribution in [1.29, 1.82) is 0 Å². The third kappa shape index (κ3) is 2.50. The Bertz CT molecular complexity index is 379. The van der Waals surface area contributed by atoms with Crippen molar-refractivity contribution < 1.29 is 4.79 Å². The van der Waals surface area contributed by atoms with E-state index in [9.17, 15) is 4.79 Å². The minimum Gasteiger partial charge on any atom is -0.325 e. The van der Waals surface area contributed by atoms with Crippen LogP contribution >= 0.6 is 0 Å². The van der Waals surface area contributed by atoms with Crippen LogP contribution in [0.2, 0.25) is 0 Å². The molecule has 2 N–H and O–H groups in total. The molecule has 2 rings (SSSR count). The van der Waals surface area contributed by atoms with Crippen LogP contribution in [0.1, 0.15) is 37.8 Å². The zero-order chi connectivity index (χ0) is 11.6. The molecule has 0 spiro atoms. The molecule has 0 aliphatic heterocycles. The van der Waals surface area contributed by atoms with E-state index in [1.807, 2.05) is 17.8 Å². The fraction of sp³-hybridized carbons (Fsp3) is 0.667. The van der Waals surface area contributed by atoms with Crippen molar-refractivity contribution >= 4 is 5.78 Å². The molecule has 0 saturated heterocycles. The van der Waals surface area contributed by atoms with E-state index in [1.54, 1.807) is 6.20 Å². The fourth-order valence-corrected chi connectivity index (χ4v) is 2.20. The molecule has 0 amide bonds. The fourth-order valence-electron chi connectivity index (χ4n) is 2.20. The standard InChI is InChI=1S/C12H19N3O/c1-15-10(5-8-14-15)3-4-11(16)9-12(13)6-2-7-12/h5,8H,2-4,6-7,9,13H2,1H3. The maximum atomic E-state index is 11.7. The highest BCUT2D eigenvalue weighted by molar-refractivity contribution is 5.80. The first-order chi connectivity index (χ1) is 7.59. The van der Waals surface area contributed by atoms with Gasteiger partial charge < -0.3 is 5.73 Å². The highest BCUT2D eigenvalue weighted by Gasteiger charge is 2.34. The van der Waals surface area contributed by atoms with Gasteiger partial charge in [0.15, 0.2) is 0 Å². The number of hydrogen-bond donors (Lipinski definition) is 1. The van der Waals surface area contributed by atoms with Gasteiger partial charge in [-0.3, -0.25) is 9.48 Å². The third-order valence-electron chi connectivity index (χ3n) is 3.48. The molecule has 4 heteroatoms. The van der Waals surface area contributed by atoms with Crippen LogP contribution in [0.3, 0.4) is 0 Å². The van der Waals surface area contributed by atoms with Gasteiger partial charge in [0.1, 0.15) is 5.78 Å². The first-order valence-corrected chi connectivity index (χ1v) is 5.87. The second kappa shape index (κ2) is 4.37. The minimum atomic E-state index is -0.177. The molecule has 1 aliphatic rings. The summed E-state index contributed by atoms with van der Waals surface area (Å²) in [7, 11) is 1.90. The largest absolute Gasteiger partial charge is 0.325 e. The summed E-state index contributed by atoms with van der Waals surface area (Å²) in [6.45, 7) is 0. The van der Waals surface area contributed by atoms with E-state index in [2.05, 4.69) is 5.10 Å². The molecule has 1 heterocycles. The van der Waals surface area contributed by atoms with Gasteiger partial charge in [0, 0.05) is 37.3 Å². The molecular weight excluding hydrogens is 202 g/mol.